The fourth-order valence-electron chi connectivity index (χ4n) is 3.13. The van der Waals surface area contributed by atoms with Crippen molar-refractivity contribution in [3.63, 3.8) is 0 Å². The lowest BCUT2D eigenvalue weighted by Crippen LogP contribution is -2.18. The van der Waals surface area contributed by atoms with E-state index in [0.29, 0.717) is 0 Å². The van der Waals surface area contributed by atoms with Crippen LogP contribution in [0.4, 0.5) is 0 Å². The van der Waals surface area contributed by atoms with Gasteiger partial charge in [0.05, 0.1) is 0 Å². The Labute approximate surface area is 64.0 Å². The van der Waals surface area contributed by atoms with Crippen molar-refractivity contribution < 1.29 is 0 Å². The molecule has 10 heavy (non-hydrogen) atoms. The summed E-state index contributed by atoms with van der Waals surface area (Å²) in [4.78, 5) is 0. The van der Waals surface area contributed by atoms with E-state index < -0.39 is 0 Å². The summed E-state index contributed by atoms with van der Waals surface area (Å²) < 4.78 is 0. The van der Waals surface area contributed by atoms with Gasteiger partial charge in [-0.1, -0.05) is 19.8 Å². The molecule has 0 aromatic rings. The first-order valence-corrected chi connectivity index (χ1v) is 4.68. The molecule has 2 saturated carbocycles. The fraction of sp³-hybridized carbons (Fsp3) is 0.900. The molecule has 0 N–H and O–H groups in total. The number of hydrogen-bond donors (Lipinski definition) is 0. The molecule has 0 saturated heterocycles. The van der Waals surface area contributed by atoms with Gasteiger partial charge in [-0.2, -0.15) is 0 Å². The van der Waals surface area contributed by atoms with Crippen LogP contribution in [0, 0.1) is 17.8 Å². The predicted octanol–water partition coefficient (Wildman–Crippen LogP) is 3.18. The highest BCUT2D eigenvalue weighted by Crippen LogP contribution is 2.55. The predicted molar refractivity (Wildman–Crippen MR) is 43.6 cm³/mol. The second-order valence-corrected chi connectivity index (χ2v) is 4.00. The summed E-state index contributed by atoms with van der Waals surface area (Å²) in [6.07, 6.45) is 11.5. The van der Waals surface area contributed by atoms with E-state index in [2.05, 4.69) is 13.3 Å². The van der Waals surface area contributed by atoms with Gasteiger partial charge in [-0.15, -0.1) is 0 Å². The van der Waals surface area contributed by atoms with E-state index in [9.17, 15) is 0 Å². The first-order chi connectivity index (χ1) is 4.87. The van der Waals surface area contributed by atoms with Gasteiger partial charge in [-0.05, 0) is 43.4 Å². The van der Waals surface area contributed by atoms with E-state index >= 15 is 0 Å². The average Bonchev–Trinajstić information content (AvgIpc) is 2.42. The molecule has 0 aromatic carbocycles. The molecule has 0 amide bonds. The summed E-state index contributed by atoms with van der Waals surface area (Å²) in [7, 11) is 0. The quantitative estimate of drug-likeness (QED) is 0.520. The Balaban J connectivity index is 2.15. The monoisotopic (exact) mass is 137 g/mol. The van der Waals surface area contributed by atoms with Crippen molar-refractivity contribution in [2.75, 3.05) is 0 Å². The maximum Gasteiger partial charge on any atom is -0.0241 e. The Morgan fingerprint density at radius 2 is 1.80 bits per heavy atom. The molecule has 2 aliphatic rings. The molecule has 0 unspecified atom stereocenters. The molecule has 2 aliphatic carbocycles. The van der Waals surface area contributed by atoms with Crippen LogP contribution < -0.4 is 0 Å². The number of hydrogen-bond acceptors (Lipinski definition) is 0. The van der Waals surface area contributed by atoms with Gasteiger partial charge in [0, 0.05) is 0 Å². The minimum atomic E-state index is 0.722. The average molecular weight is 137 g/mol. The van der Waals surface area contributed by atoms with Crippen molar-refractivity contribution in [1.82, 2.24) is 0 Å². The molecule has 0 heteroatoms. The Kier molecular flexibility index (Phi) is 1.51. The molecule has 2 rings (SSSR count). The minimum absolute atomic E-state index is 0.722. The Hall–Kier alpha value is 0. The zero-order valence-corrected chi connectivity index (χ0v) is 6.90. The van der Waals surface area contributed by atoms with Crippen molar-refractivity contribution >= 4 is 0 Å². The van der Waals surface area contributed by atoms with Gasteiger partial charge in [0.15, 0.2) is 0 Å². The molecule has 1 radical (unpaired) electrons. The molecular weight excluding hydrogens is 120 g/mol. The van der Waals surface area contributed by atoms with Gasteiger partial charge in [-0.3, -0.25) is 0 Å². The van der Waals surface area contributed by atoms with Crippen LogP contribution in [0.5, 0.6) is 0 Å². The Morgan fingerprint density at radius 1 is 1.20 bits per heavy atom. The fourth-order valence-corrected chi connectivity index (χ4v) is 3.13. The highest BCUT2D eigenvalue weighted by Gasteiger charge is 2.44. The summed E-state index contributed by atoms with van der Waals surface area (Å²) in [6, 6.07) is 0. The lowest BCUT2D eigenvalue weighted by Gasteiger charge is -2.26. The van der Waals surface area contributed by atoms with Gasteiger partial charge in [0.1, 0.15) is 0 Å². The van der Waals surface area contributed by atoms with Gasteiger partial charge in [0.2, 0.25) is 0 Å². The van der Waals surface area contributed by atoms with Gasteiger partial charge in [-0.25, -0.2) is 0 Å². The Morgan fingerprint density at radius 3 is 2.20 bits per heavy atom. The SMILES string of the molecule is C[CH]C12CCCC1CCC2. The smallest absolute Gasteiger partial charge is 0.0241 e. The van der Waals surface area contributed by atoms with Crippen LogP contribution in [-0.2, 0) is 0 Å². The third-order valence-corrected chi connectivity index (χ3v) is 3.78. The summed E-state index contributed by atoms with van der Waals surface area (Å²) in [5.41, 5.74) is 0.722. The summed E-state index contributed by atoms with van der Waals surface area (Å²) >= 11 is 0. The minimum Gasteiger partial charge on any atom is -0.0617 e. The molecule has 0 bridgehead atoms. The van der Waals surface area contributed by atoms with Gasteiger partial charge < -0.3 is 0 Å². The highest BCUT2D eigenvalue weighted by atomic mass is 14.5. The molecule has 0 nitrogen and oxygen atoms in total. The molecule has 0 spiro atoms. The van der Waals surface area contributed by atoms with E-state index in [0.717, 1.165) is 11.3 Å². The molecule has 0 aliphatic heterocycles. The van der Waals surface area contributed by atoms with E-state index in [1.54, 1.807) is 0 Å². The van der Waals surface area contributed by atoms with E-state index in [-0.39, 0.29) is 0 Å². The molecule has 0 heterocycles. The summed E-state index contributed by atoms with van der Waals surface area (Å²) in [6.45, 7) is 2.27. The first kappa shape index (κ1) is 6.69. The standard InChI is InChI=1S/C10H17/c1-2-10-7-3-5-9(10)6-4-8-10/h2,9H,3-8H2,1H3. The molecule has 2 fully saturated rings. The van der Waals surface area contributed by atoms with Crippen molar-refractivity contribution in [2.45, 2.75) is 45.4 Å². The third kappa shape index (κ3) is 0.741. The van der Waals surface area contributed by atoms with Crippen LogP contribution in [0.3, 0.4) is 0 Å². The lowest BCUT2D eigenvalue weighted by atomic mass is 9.78. The van der Waals surface area contributed by atoms with Crippen LogP contribution in [0.2, 0.25) is 0 Å². The number of fused-ring (bicyclic) bond motifs is 1. The maximum atomic E-state index is 2.50. The first-order valence-electron chi connectivity index (χ1n) is 4.68. The van der Waals surface area contributed by atoms with Crippen LogP contribution in [0.15, 0.2) is 0 Å². The normalized spacial score (nSPS) is 45.9. The van der Waals surface area contributed by atoms with Crippen molar-refractivity contribution in [3.05, 3.63) is 6.42 Å². The van der Waals surface area contributed by atoms with Crippen LogP contribution in [-0.4, -0.2) is 0 Å². The molecule has 0 aromatic heterocycles. The van der Waals surface area contributed by atoms with Crippen LogP contribution >= 0.6 is 0 Å². The second-order valence-electron chi connectivity index (χ2n) is 4.00. The van der Waals surface area contributed by atoms with Crippen molar-refractivity contribution in [1.29, 1.82) is 0 Å². The summed E-state index contributed by atoms with van der Waals surface area (Å²) in [5, 5.41) is 0. The van der Waals surface area contributed by atoms with Crippen molar-refractivity contribution in [3.8, 4) is 0 Å². The van der Waals surface area contributed by atoms with E-state index in [4.69, 9.17) is 0 Å². The zero-order valence-electron chi connectivity index (χ0n) is 6.90. The maximum absolute atomic E-state index is 2.50. The van der Waals surface area contributed by atoms with Crippen molar-refractivity contribution in [2.24, 2.45) is 11.3 Å². The van der Waals surface area contributed by atoms with E-state index in [1.807, 2.05) is 0 Å². The van der Waals surface area contributed by atoms with Crippen LogP contribution in [0.25, 0.3) is 0 Å². The zero-order chi connectivity index (χ0) is 7.03. The summed E-state index contributed by atoms with van der Waals surface area (Å²) in [5.74, 6) is 1.08. The number of rotatable bonds is 1. The van der Waals surface area contributed by atoms with Crippen LogP contribution in [0.1, 0.15) is 45.4 Å². The largest absolute Gasteiger partial charge is 0.0617 e. The second kappa shape index (κ2) is 2.25. The molecular formula is C10H17. The third-order valence-electron chi connectivity index (χ3n) is 3.78. The van der Waals surface area contributed by atoms with Gasteiger partial charge >= 0.3 is 0 Å². The Bertz CT molecular complexity index is 116. The molecule has 0 atom stereocenters. The van der Waals surface area contributed by atoms with Gasteiger partial charge in [0.25, 0.3) is 0 Å². The van der Waals surface area contributed by atoms with E-state index in [1.165, 1.54) is 38.5 Å². The highest BCUT2D eigenvalue weighted by molar-refractivity contribution is 5.02. The molecule has 57 valence electrons. The topological polar surface area (TPSA) is 0 Å². The lowest BCUT2D eigenvalue weighted by molar-refractivity contribution is 0.298.